The van der Waals surface area contributed by atoms with E-state index in [0.717, 1.165) is 61.3 Å². The third-order valence-electron chi connectivity index (χ3n) is 11.9. The number of fused-ring (bicyclic) bond motifs is 9. The molecule has 0 unspecified atom stereocenters. The van der Waals surface area contributed by atoms with Crippen molar-refractivity contribution in [1.82, 2.24) is 0 Å². The molecule has 0 fully saturated rings. The van der Waals surface area contributed by atoms with E-state index < -0.39 is 0 Å². The van der Waals surface area contributed by atoms with Gasteiger partial charge in [0.25, 0.3) is 0 Å². The highest BCUT2D eigenvalue weighted by Gasteiger charge is 2.25. The highest BCUT2D eigenvalue weighted by Crippen LogP contribution is 2.50. The van der Waals surface area contributed by atoms with Crippen molar-refractivity contribution in [3.05, 3.63) is 212 Å². The molecule has 59 heavy (non-hydrogen) atoms. The van der Waals surface area contributed by atoms with Crippen molar-refractivity contribution in [1.29, 1.82) is 0 Å². The largest absolute Gasteiger partial charge is 0.453 e. The Bertz CT molecular complexity index is 3550. The van der Waals surface area contributed by atoms with Crippen LogP contribution in [0.2, 0.25) is 0 Å². The summed E-state index contributed by atoms with van der Waals surface area (Å²) in [5.41, 5.74) is 11.8. The molecule has 12 aromatic rings. The molecule has 3 heteroatoms. The zero-order chi connectivity index (χ0) is 38.9. The van der Waals surface area contributed by atoms with Crippen LogP contribution in [0.3, 0.4) is 0 Å². The maximum Gasteiger partial charge on any atom is 0.159 e. The van der Waals surface area contributed by atoms with Crippen molar-refractivity contribution < 1.29 is 4.42 Å². The summed E-state index contributed by atoms with van der Waals surface area (Å²) in [6.07, 6.45) is 0. The third kappa shape index (κ3) is 5.47. The molecule has 0 amide bonds. The van der Waals surface area contributed by atoms with Crippen LogP contribution >= 0.6 is 11.3 Å². The lowest BCUT2D eigenvalue weighted by atomic mass is 9.94. The zero-order valence-electron chi connectivity index (χ0n) is 32.0. The molecule has 0 radical (unpaired) electrons. The summed E-state index contributed by atoms with van der Waals surface area (Å²) in [5, 5.41) is 9.75. The summed E-state index contributed by atoms with van der Waals surface area (Å²) >= 11 is 1.87. The fourth-order valence-electron chi connectivity index (χ4n) is 9.03. The Kier molecular flexibility index (Phi) is 7.75. The Labute approximate surface area is 345 Å². The first-order chi connectivity index (χ1) is 29.3. The zero-order valence-corrected chi connectivity index (χ0v) is 32.8. The molecular formula is C56H35NOS. The first kappa shape index (κ1) is 33.7. The number of benzene rings is 10. The lowest BCUT2D eigenvalue weighted by Crippen LogP contribution is -2.10. The van der Waals surface area contributed by atoms with Crippen molar-refractivity contribution in [2.24, 2.45) is 0 Å². The summed E-state index contributed by atoms with van der Waals surface area (Å²) in [4.78, 5) is 2.42. The molecule has 0 bridgehead atoms. The molecule has 2 nitrogen and oxygen atoms in total. The van der Waals surface area contributed by atoms with Gasteiger partial charge in [-0.05, 0) is 85.8 Å². The predicted molar refractivity (Wildman–Crippen MR) is 253 cm³/mol. The molecule has 12 rings (SSSR count). The number of anilines is 3. The van der Waals surface area contributed by atoms with Gasteiger partial charge in [-0.2, -0.15) is 0 Å². The summed E-state index contributed by atoms with van der Waals surface area (Å²) in [6.45, 7) is 0. The van der Waals surface area contributed by atoms with Gasteiger partial charge in [0.1, 0.15) is 5.58 Å². The van der Waals surface area contributed by atoms with E-state index in [4.69, 9.17) is 4.42 Å². The van der Waals surface area contributed by atoms with Crippen molar-refractivity contribution in [2.45, 2.75) is 0 Å². The number of furan rings is 1. The minimum Gasteiger partial charge on any atom is -0.453 e. The first-order valence-electron chi connectivity index (χ1n) is 20.1. The van der Waals surface area contributed by atoms with E-state index in [1.165, 1.54) is 52.8 Å². The van der Waals surface area contributed by atoms with Crippen LogP contribution in [-0.2, 0) is 0 Å². The van der Waals surface area contributed by atoms with Crippen molar-refractivity contribution in [2.75, 3.05) is 4.90 Å². The van der Waals surface area contributed by atoms with Crippen molar-refractivity contribution in [3.8, 4) is 33.4 Å². The fourth-order valence-corrected chi connectivity index (χ4v) is 10.4. The van der Waals surface area contributed by atoms with Crippen LogP contribution in [0.5, 0.6) is 0 Å². The van der Waals surface area contributed by atoms with Crippen LogP contribution in [0.15, 0.2) is 217 Å². The SMILES string of the molecule is c1ccc(-c2ccc(-c3ccccc3)c3c2oc2c(N(c4ccc(-c5ccc6ccccc6c5)cc4)c4cccc5c4sc4c6ccccc6ccc54)cccc23)cc1. The molecule has 0 aliphatic heterocycles. The Balaban J connectivity index is 1.13. The van der Waals surface area contributed by atoms with E-state index in [1.807, 2.05) is 11.3 Å². The molecule has 0 aliphatic carbocycles. The lowest BCUT2D eigenvalue weighted by molar-refractivity contribution is 0.670. The van der Waals surface area contributed by atoms with Crippen molar-refractivity contribution in [3.63, 3.8) is 0 Å². The Hall–Kier alpha value is -7.46. The smallest absolute Gasteiger partial charge is 0.159 e. The van der Waals surface area contributed by atoms with Crippen LogP contribution < -0.4 is 4.90 Å². The highest BCUT2D eigenvalue weighted by atomic mass is 32.1. The molecule has 0 aliphatic rings. The van der Waals surface area contributed by atoms with Gasteiger partial charge in [-0.25, -0.2) is 0 Å². The van der Waals surface area contributed by atoms with E-state index in [2.05, 4.69) is 217 Å². The normalized spacial score (nSPS) is 11.7. The highest BCUT2D eigenvalue weighted by molar-refractivity contribution is 7.27. The molecule has 0 saturated carbocycles. The third-order valence-corrected chi connectivity index (χ3v) is 13.1. The summed E-state index contributed by atoms with van der Waals surface area (Å²) in [7, 11) is 0. The van der Waals surface area contributed by atoms with Gasteiger partial charge >= 0.3 is 0 Å². The van der Waals surface area contributed by atoms with Gasteiger partial charge in [0.15, 0.2) is 5.58 Å². The maximum atomic E-state index is 7.28. The van der Waals surface area contributed by atoms with Crippen molar-refractivity contribution >= 4 is 92.1 Å². The van der Waals surface area contributed by atoms with Gasteiger partial charge in [0.2, 0.25) is 0 Å². The number of para-hydroxylation sites is 1. The van der Waals surface area contributed by atoms with Gasteiger partial charge in [0, 0.05) is 37.5 Å². The average molecular weight is 770 g/mol. The lowest BCUT2D eigenvalue weighted by Gasteiger charge is -2.26. The van der Waals surface area contributed by atoms with Gasteiger partial charge in [0.05, 0.1) is 16.1 Å². The summed E-state index contributed by atoms with van der Waals surface area (Å²) < 4.78 is 9.82. The molecule has 2 aromatic heterocycles. The number of nitrogens with zero attached hydrogens (tertiary/aromatic N) is 1. The fraction of sp³-hybridized carbons (Fsp3) is 0. The van der Waals surface area contributed by atoms with Crippen LogP contribution in [0.25, 0.3) is 97.0 Å². The number of hydrogen-bond acceptors (Lipinski definition) is 3. The number of thiophene rings is 1. The van der Waals surface area contributed by atoms with Gasteiger partial charge in [-0.15, -0.1) is 11.3 Å². The van der Waals surface area contributed by atoms with E-state index >= 15 is 0 Å². The average Bonchev–Trinajstić information content (AvgIpc) is 3.90. The van der Waals surface area contributed by atoms with E-state index in [1.54, 1.807) is 0 Å². The first-order valence-corrected chi connectivity index (χ1v) is 20.9. The molecule has 0 N–H and O–H groups in total. The number of hydrogen-bond donors (Lipinski definition) is 0. The van der Waals surface area contributed by atoms with E-state index in [-0.39, 0.29) is 0 Å². The topological polar surface area (TPSA) is 16.4 Å². The van der Waals surface area contributed by atoms with Crippen LogP contribution in [0, 0.1) is 0 Å². The van der Waals surface area contributed by atoms with Gasteiger partial charge in [-0.1, -0.05) is 176 Å². The molecule has 0 spiro atoms. The second-order valence-electron chi connectivity index (χ2n) is 15.2. The standard InChI is InChI=1S/C56H35NOS/c1-3-14-38(15-4-1)44-33-34-45(39-16-5-2-6-17-39)54-52(44)49-22-12-23-50(53(49)58-54)57(43-30-27-37(28-31-43)42-26-25-36-13-7-8-19-41(36)35-42)51-24-11-21-47-48-32-29-40-18-9-10-20-46(40)55(48)59-56(47)51/h1-35H. The molecular weight excluding hydrogens is 735 g/mol. The Morgan fingerprint density at radius 2 is 0.932 bits per heavy atom. The van der Waals surface area contributed by atoms with Crippen LogP contribution in [-0.4, -0.2) is 0 Å². The minimum atomic E-state index is 0.852. The van der Waals surface area contributed by atoms with Gasteiger partial charge < -0.3 is 9.32 Å². The Morgan fingerprint density at radius 1 is 0.339 bits per heavy atom. The quantitative estimate of drug-likeness (QED) is 0.167. The van der Waals surface area contributed by atoms with E-state index in [9.17, 15) is 0 Å². The monoisotopic (exact) mass is 769 g/mol. The second kappa shape index (κ2) is 13.6. The predicted octanol–water partition coefficient (Wildman–Crippen LogP) is 16.7. The minimum absolute atomic E-state index is 0.852. The van der Waals surface area contributed by atoms with Crippen LogP contribution in [0.1, 0.15) is 0 Å². The number of rotatable bonds is 6. The molecule has 0 saturated heterocycles. The molecule has 0 atom stereocenters. The van der Waals surface area contributed by atoms with Crippen LogP contribution in [0.4, 0.5) is 17.1 Å². The second-order valence-corrected chi connectivity index (χ2v) is 16.2. The summed E-state index contributed by atoms with van der Waals surface area (Å²) in [6, 6.07) is 76.7. The maximum absolute atomic E-state index is 7.28. The summed E-state index contributed by atoms with van der Waals surface area (Å²) in [5.74, 6) is 0. The van der Waals surface area contributed by atoms with E-state index in [0.29, 0.717) is 0 Å². The molecule has 276 valence electrons. The molecule has 2 heterocycles. The molecule has 10 aromatic carbocycles. The Morgan fingerprint density at radius 3 is 1.73 bits per heavy atom. The van der Waals surface area contributed by atoms with Gasteiger partial charge in [-0.3, -0.25) is 0 Å².